The molecule has 2 aromatic rings. The highest BCUT2D eigenvalue weighted by Crippen LogP contribution is 2.20. The minimum Gasteiger partial charge on any atom is -0.349 e. The fourth-order valence-electron chi connectivity index (χ4n) is 2.52. The fraction of sp³-hybridized carbons (Fsp3) is 0.263. The summed E-state index contributed by atoms with van der Waals surface area (Å²) in [6, 6.07) is 15.1. The molecule has 0 aliphatic carbocycles. The first-order chi connectivity index (χ1) is 11.0. The zero-order valence-corrected chi connectivity index (χ0v) is 13.7. The summed E-state index contributed by atoms with van der Waals surface area (Å²) in [5.41, 5.74) is 3.89. The molecule has 2 aromatic carbocycles. The molecule has 0 unspecified atom stereocenters. The van der Waals surface area contributed by atoms with Crippen LogP contribution < -0.4 is 10.6 Å². The molecule has 0 heterocycles. The highest BCUT2D eigenvalue weighted by atomic mass is 16.2. The first kappa shape index (κ1) is 16.7. The van der Waals surface area contributed by atoms with Crippen molar-refractivity contribution < 1.29 is 9.59 Å². The molecule has 120 valence electrons. The summed E-state index contributed by atoms with van der Waals surface area (Å²) in [7, 11) is 0. The van der Waals surface area contributed by atoms with E-state index in [1.165, 1.54) is 6.92 Å². The number of benzene rings is 2. The predicted octanol–water partition coefficient (Wildman–Crippen LogP) is 3.51. The molecule has 2 rings (SSSR count). The van der Waals surface area contributed by atoms with Crippen LogP contribution in [0.25, 0.3) is 0 Å². The Labute approximate surface area is 136 Å². The SMILES string of the molecule is CC(=O)N[C@H](CC(=O)Nc1ccc(C)cc1C)c1ccccc1. The number of carbonyl (C=O) groups is 2. The van der Waals surface area contributed by atoms with Crippen molar-refractivity contribution in [1.29, 1.82) is 0 Å². The summed E-state index contributed by atoms with van der Waals surface area (Å²) in [6.45, 7) is 5.43. The van der Waals surface area contributed by atoms with E-state index in [-0.39, 0.29) is 24.3 Å². The van der Waals surface area contributed by atoms with E-state index < -0.39 is 0 Å². The average Bonchev–Trinajstić information content (AvgIpc) is 2.50. The molecule has 23 heavy (non-hydrogen) atoms. The average molecular weight is 310 g/mol. The predicted molar refractivity (Wildman–Crippen MR) is 92.2 cm³/mol. The van der Waals surface area contributed by atoms with Crippen LogP contribution in [-0.2, 0) is 9.59 Å². The standard InChI is InChI=1S/C19H22N2O2/c1-13-9-10-17(14(2)11-13)21-19(23)12-18(20-15(3)22)16-7-5-4-6-8-16/h4-11,18H,12H2,1-3H3,(H,20,22)(H,21,23)/t18-/m1/s1. The number of nitrogens with one attached hydrogen (secondary N) is 2. The van der Waals surface area contributed by atoms with Crippen molar-refractivity contribution in [2.75, 3.05) is 5.32 Å². The Morgan fingerprint density at radius 1 is 1.04 bits per heavy atom. The van der Waals surface area contributed by atoms with Crippen molar-refractivity contribution in [3.63, 3.8) is 0 Å². The van der Waals surface area contributed by atoms with Gasteiger partial charge in [-0.05, 0) is 31.0 Å². The van der Waals surface area contributed by atoms with Gasteiger partial charge in [-0.2, -0.15) is 0 Å². The number of carbonyl (C=O) groups excluding carboxylic acids is 2. The van der Waals surface area contributed by atoms with E-state index in [0.29, 0.717) is 0 Å². The van der Waals surface area contributed by atoms with Crippen LogP contribution in [0.15, 0.2) is 48.5 Å². The maximum atomic E-state index is 12.4. The molecule has 0 radical (unpaired) electrons. The van der Waals surface area contributed by atoms with Crippen molar-refractivity contribution in [2.45, 2.75) is 33.2 Å². The molecule has 0 saturated heterocycles. The number of aryl methyl sites for hydroxylation is 2. The molecule has 1 atom stereocenters. The van der Waals surface area contributed by atoms with Gasteiger partial charge in [0, 0.05) is 12.6 Å². The Bertz CT molecular complexity index is 696. The molecule has 2 amide bonds. The second kappa shape index (κ2) is 7.58. The first-order valence-electron chi connectivity index (χ1n) is 7.65. The Morgan fingerprint density at radius 2 is 1.74 bits per heavy atom. The summed E-state index contributed by atoms with van der Waals surface area (Å²) in [5.74, 6) is -0.280. The summed E-state index contributed by atoms with van der Waals surface area (Å²) < 4.78 is 0. The lowest BCUT2D eigenvalue weighted by molar-refractivity contribution is -0.120. The van der Waals surface area contributed by atoms with Gasteiger partial charge in [-0.15, -0.1) is 0 Å². The summed E-state index contributed by atoms with van der Waals surface area (Å²) in [5, 5.41) is 5.76. The Kier molecular flexibility index (Phi) is 5.52. The van der Waals surface area contributed by atoms with E-state index >= 15 is 0 Å². The highest BCUT2D eigenvalue weighted by molar-refractivity contribution is 5.92. The molecule has 4 nitrogen and oxygen atoms in total. The van der Waals surface area contributed by atoms with Crippen LogP contribution in [-0.4, -0.2) is 11.8 Å². The van der Waals surface area contributed by atoms with Crippen LogP contribution in [0.2, 0.25) is 0 Å². The van der Waals surface area contributed by atoms with E-state index in [0.717, 1.165) is 22.4 Å². The quantitative estimate of drug-likeness (QED) is 0.888. The molecule has 4 heteroatoms. The summed E-state index contributed by atoms with van der Waals surface area (Å²) in [6.07, 6.45) is 0.191. The molecule has 0 saturated carbocycles. The molecule has 0 bridgehead atoms. The van der Waals surface area contributed by atoms with Gasteiger partial charge in [0.25, 0.3) is 0 Å². The highest BCUT2D eigenvalue weighted by Gasteiger charge is 2.17. The van der Waals surface area contributed by atoms with Gasteiger partial charge >= 0.3 is 0 Å². The monoisotopic (exact) mass is 310 g/mol. The molecular formula is C19H22N2O2. The van der Waals surface area contributed by atoms with Crippen LogP contribution in [0.1, 0.15) is 36.1 Å². The second-order valence-electron chi connectivity index (χ2n) is 5.73. The van der Waals surface area contributed by atoms with Gasteiger partial charge in [-0.1, -0.05) is 48.0 Å². The molecule has 0 aliphatic rings. The van der Waals surface area contributed by atoms with Gasteiger partial charge in [0.15, 0.2) is 0 Å². The normalized spacial score (nSPS) is 11.6. The van der Waals surface area contributed by atoms with Crippen molar-refractivity contribution in [2.24, 2.45) is 0 Å². The van der Waals surface area contributed by atoms with Gasteiger partial charge in [0.1, 0.15) is 0 Å². The minimum atomic E-state index is -0.334. The lowest BCUT2D eigenvalue weighted by Gasteiger charge is -2.18. The lowest BCUT2D eigenvalue weighted by Crippen LogP contribution is -2.29. The van der Waals surface area contributed by atoms with Crippen LogP contribution in [0.5, 0.6) is 0 Å². The van der Waals surface area contributed by atoms with Gasteiger partial charge in [0.2, 0.25) is 11.8 Å². The molecule has 0 spiro atoms. The van der Waals surface area contributed by atoms with E-state index in [1.807, 2.05) is 62.4 Å². The fourth-order valence-corrected chi connectivity index (χ4v) is 2.52. The Hall–Kier alpha value is -2.62. The van der Waals surface area contributed by atoms with Crippen LogP contribution in [0.4, 0.5) is 5.69 Å². The Balaban J connectivity index is 2.09. The molecule has 0 aliphatic heterocycles. The molecule has 0 fully saturated rings. The largest absolute Gasteiger partial charge is 0.349 e. The van der Waals surface area contributed by atoms with Crippen LogP contribution in [0, 0.1) is 13.8 Å². The number of hydrogen-bond acceptors (Lipinski definition) is 2. The number of amides is 2. The van der Waals surface area contributed by atoms with Gasteiger partial charge in [-0.3, -0.25) is 9.59 Å². The zero-order valence-electron chi connectivity index (χ0n) is 13.7. The lowest BCUT2D eigenvalue weighted by atomic mass is 10.0. The van der Waals surface area contributed by atoms with Crippen molar-refractivity contribution in [1.82, 2.24) is 5.32 Å². The molecule has 0 aromatic heterocycles. The third-order valence-corrected chi connectivity index (χ3v) is 3.62. The van der Waals surface area contributed by atoms with E-state index in [4.69, 9.17) is 0 Å². The number of anilines is 1. The smallest absolute Gasteiger partial charge is 0.226 e. The number of hydrogen-bond donors (Lipinski definition) is 2. The van der Waals surface area contributed by atoms with Crippen molar-refractivity contribution in [3.05, 3.63) is 65.2 Å². The maximum Gasteiger partial charge on any atom is 0.226 e. The van der Waals surface area contributed by atoms with Gasteiger partial charge < -0.3 is 10.6 Å². The second-order valence-corrected chi connectivity index (χ2v) is 5.73. The van der Waals surface area contributed by atoms with E-state index in [9.17, 15) is 9.59 Å². The van der Waals surface area contributed by atoms with Crippen LogP contribution in [0.3, 0.4) is 0 Å². The third-order valence-electron chi connectivity index (χ3n) is 3.62. The van der Waals surface area contributed by atoms with Crippen LogP contribution >= 0.6 is 0 Å². The van der Waals surface area contributed by atoms with Crippen molar-refractivity contribution >= 4 is 17.5 Å². The Morgan fingerprint density at radius 3 is 2.35 bits per heavy atom. The van der Waals surface area contributed by atoms with Crippen molar-refractivity contribution in [3.8, 4) is 0 Å². The molecule has 2 N–H and O–H groups in total. The summed E-state index contributed by atoms with van der Waals surface area (Å²) in [4.78, 5) is 23.8. The topological polar surface area (TPSA) is 58.2 Å². The van der Waals surface area contributed by atoms with Gasteiger partial charge in [0.05, 0.1) is 12.5 Å². The molecular weight excluding hydrogens is 288 g/mol. The van der Waals surface area contributed by atoms with E-state index in [1.54, 1.807) is 0 Å². The minimum absolute atomic E-state index is 0.125. The number of rotatable bonds is 5. The first-order valence-corrected chi connectivity index (χ1v) is 7.65. The third kappa shape index (κ3) is 4.95. The summed E-state index contributed by atoms with van der Waals surface area (Å²) >= 11 is 0. The zero-order chi connectivity index (χ0) is 16.8. The van der Waals surface area contributed by atoms with Gasteiger partial charge in [-0.25, -0.2) is 0 Å². The maximum absolute atomic E-state index is 12.4. The van der Waals surface area contributed by atoms with E-state index in [2.05, 4.69) is 10.6 Å².